The van der Waals surface area contributed by atoms with Crippen LogP contribution in [0.1, 0.15) is 28.2 Å². The molecule has 28 heavy (non-hydrogen) atoms. The molecule has 0 unspecified atom stereocenters. The molecule has 3 aromatic rings. The standard InChI is InChI=1S/C19H14F2N4O3/c20-11-4-7-13(8-5-11)24-16-3-1-2-14(16)18(23-24)19(26)22-12-6-9-15(21)17(10-12)25(27)28/h4-10H,1-3H2,(H,22,26). The van der Waals surface area contributed by atoms with Crippen LogP contribution >= 0.6 is 0 Å². The van der Waals surface area contributed by atoms with Gasteiger partial charge in [-0.15, -0.1) is 0 Å². The van der Waals surface area contributed by atoms with Crippen LogP contribution < -0.4 is 5.32 Å². The molecule has 142 valence electrons. The monoisotopic (exact) mass is 384 g/mol. The van der Waals surface area contributed by atoms with Gasteiger partial charge in [0.25, 0.3) is 5.91 Å². The lowest BCUT2D eigenvalue weighted by Crippen LogP contribution is -2.15. The maximum atomic E-state index is 13.5. The topological polar surface area (TPSA) is 90.1 Å². The Morgan fingerprint density at radius 2 is 1.89 bits per heavy atom. The molecule has 1 heterocycles. The van der Waals surface area contributed by atoms with Crippen LogP contribution in [0, 0.1) is 21.7 Å². The number of amides is 1. The van der Waals surface area contributed by atoms with Crippen LogP contribution in [0.25, 0.3) is 5.69 Å². The second-order valence-electron chi connectivity index (χ2n) is 6.39. The maximum absolute atomic E-state index is 13.5. The van der Waals surface area contributed by atoms with Crippen LogP contribution in [0.15, 0.2) is 42.5 Å². The minimum absolute atomic E-state index is 0.0983. The lowest BCUT2D eigenvalue weighted by molar-refractivity contribution is -0.387. The Hall–Kier alpha value is -3.62. The zero-order chi connectivity index (χ0) is 19.8. The number of fused-ring (bicyclic) bond motifs is 1. The van der Waals surface area contributed by atoms with Crippen molar-refractivity contribution in [3.63, 3.8) is 0 Å². The van der Waals surface area contributed by atoms with Gasteiger partial charge in [-0.1, -0.05) is 0 Å². The Balaban J connectivity index is 1.67. The van der Waals surface area contributed by atoms with E-state index < -0.39 is 22.3 Å². The number of nitro benzene ring substituents is 1. The molecule has 1 amide bonds. The minimum Gasteiger partial charge on any atom is -0.320 e. The average molecular weight is 384 g/mol. The van der Waals surface area contributed by atoms with E-state index in [1.165, 1.54) is 18.2 Å². The van der Waals surface area contributed by atoms with E-state index in [1.54, 1.807) is 16.8 Å². The summed E-state index contributed by atoms with van der Waals surface area (Å²) in [5, 5.41) is 17.8. The molecule has 0 saturated heterocycles. The first-order valence-corrected chi connectivity index (χ1v) is 8.56. The van der Waals surface area contributed by atoms with Crippen LogP contribution in [-0.4, -0.2) is 20.6 Å². The number of rotatable bonds is 4. The van der Waals surface area contributed by atoms with E-state index >= 15 is 0 Å². The fourth-order valence-corrected chi connectivity index (χ4v) is 3.34. The number of benzene rings is 2. The van der Waals surface area contributed by atoms with E-state index in [-0.39, 0.29) is 17.2 Å². The van der Waals surface area contributed by atoms with Gasteiger partial charge < -0.3 is 5.32 Å². The van der Waals surface area contributed by atoms with E-state index in [9.17, 15) is 23.7 Å². The third kappa shape index (κ3) is 3.11. The van der Waals surface area contributed by atoms with Crippen molar-refractivity contribution in [1.29, 1.82) is 0 Å². The minimum atomic E-state index is -0.982. The largest absolute Gasteiger partial charge is 0.320 e. The Morgan fingerprint density at radius 1 is 1.14 bits per heavy atom. The van der Waals surface area contributed by atoms with Gasteiger partial charge in [0.2, 0.25) is 5.82 Å². The van der Waals surface area contributed by atoms with Crippen molar-refractivity contribution in [1.82, 2.24) is 9.78 Å². The third-order valence-corrected chi connectivity index (χ3v) is 4.62. The van der Waals surface area contributed by atoms with Crippen molar-refractivity contribution < 1.29 is 18.5 Å². The van der Waals surface area contributed by atoms with Gasteiger partial charge in [-0.25, -0.2) is 9.07 Å². The first kappa shape index (κ1) is 17.8. The molecule has 0 radical (unpaired) electrons. The van der Waals surface area contributed by atoms with Crippen molar-refractivity contribution in [2.45, 2.75) is 19.3 Å². The lowest BCUT2D eigenvalue weighted by Gasteiger charge is -2.06. The molecule has 0 saturated carbocycles. The van der Waals surface area contributed by atoms with E-state index in [2.05, 4.69) is 10.4 Å². The number of hydrogen-bond acceptors (Lipinski definition) is 4. The van der Waals surface area contributed by atoms with Crippen LogP contribution in [0.4, 0.5) is 20.2 Å². The van der Waals surface area contributed by atoms with Gasteiger partial charge in [0.05, 0.1) is 10.6 Å². The maximum Gasteiger partial charge on any atom is 0.306 e. The molecule has 9 heteroatoms. The number of carbonyl (C=O) groups excluding carboxylic acids is 1. The molecule has 4 rings (SSSR count). The summed E-state index contributed by atoms with van der Waals surface area (Å²) in [5.74, 6) is -1.90. The van der Waals surface area contributed by atoms with E-state index in [4.69, 9.17) is 0 Å². The van der Waals surface area contributed by atoms with Gasteiger partial charge in [0, 0.05) is 23.0 Å². The van der Waals surface area contributed by atoms with Crippen LogP contribution in [-0.2, 0) is 12.8 Å². The zero-order valence-corrected chi connectivity index (χ0v) is 14.5. The van der Waals surface area contributed by atoms with E-state index in [0.717, 1.165) is 36.2 Å². The highest BCUT2D eigenvalue weighted by Crippen LogP contribution is 2.29. The van der Waals surface area contributed by atoms with Gasteiger partial charge in [0.1, 0.15) is 5.82 Å². The number of hydrogen-bond donors (Lipinski definition) is 1. The zero-order valence-electron chi connectivity index (χ0n) is 14.5. The normalized spacial score (nSPS) is 12.6. The Labute approximate surface area is 157 Å². The van der Waals surface area contributed by atoms with E-state index in [0.29, 0.717) is 12.1 Å². The number of nitrogens with one attached hydrogen (secondary N) is 1. The molecule has 0 fully saturated rings. The molecule has 7 nitrogen and oxygen atoms in total. The molecule has 0 spiro atoms. The Bertz CT molecular complexity index is 1090. The van der Waals surface area contributed by atoms with Crippen molar-refractivity contribution in [3.05, 3.63) is 81.2 Å². The van der Waals surface area contributed by atoms with Crippen molar-refractivity contribution >= 4 is 17.3 Å². The highest BCUT2D eigenvalue weighted by molar-refractivity contribution is 6.04. The number of halogens is 2. The first-order valence-electron chi connectivity index (χ1n) is 8.56. The summed E-state index contributed by atoms with van der Waals surface area (Å²) in [7, 11) is 0. The molecule has 1 aliphatic rings. The summed E-state index contributed by atoms with van der Waals surface area (Å²) in [4.78, 5) is 22.8. The summed E-state index contributed by atoms with van der Waals surface area (Å²) >= 11 is 0. The number of nitro groups is 1. The highest BCUT2D eigenvalue weighted by Gasteiger charge is 2.27. The fraction of sp³-hybridized carbons (Fsp3) is 0.158. The van der Waals surface area contributed by atoms with Gasteiger partial charge in [-0.2, -0.15) is 9.49 Å². The number of aromatic nitrogens is 2. The smallest absolute Gasteiger partial charge is 0.306 e. The second-order valence-corrected chi connectivity index (χ2v) is 6.39. The van der Waals surface area contributed by atoms with Gasteiger partial charge in [-0.3, -0.25) is 14.9 Å². The molecular weight excluding hydrogens is 370 g/mol. The third-order valence-electron chi connectivity index (χ3n) is 4.62. The van der Waals surface area contributed by atoms with Crippen LogP contribution in [0.5, 0.6) is 0 Å². The Kier molecular flexibility index (Phi) is 4.34. The van der Waals surface area contributed by atoms with Crippen LogP contribution in [0.2, 0.25) is 0 Å². The summed E-state index contributed by atoms with van der Waals surface area (Å²) < 4.78 is 28.3. The second kappa shape index (κ2) is 6.84. The molecule has 2 aromatic carbocycles. The highest BCUT2D eigenvalue weighted by atomic mass is 19.1. The molecule has 1 aliphatic carbocycles. The molecule has 1 aromatic heterocycles. The van der Waals surface area contributed by atoms with Gasteiger partial charge >= 0.3 is 5.69 Å². The van der Waals surface area contributed by atoms with Gasteiger partial charge in [0.15, 0.2) is 5.69 Å². The fourth-order valence-electron chi connectivity index (χ4n) is 3.34. The molecule has 0 bridgehead atoms. The molecule has 0 atom stereocenters. The first-order chi connectivity index (χ1) is 13.4. The molecule has 0 aliphatic heterocycles. The average Bonchev–Trinajstić information content (AvgIpc) is 3.26. The van der Waals surface area contributed by atoms with Crippen molar-refractivity contribution in [3.8, 4) is 5.69 Å². The Morgan fingerprint density at radius 3 is 2.61 bits per heavy atom. The number of nitrogens with zero attached hydrogens (tertiary/aromatic N) is 3. The van der Waals surface area contributed by atoms with Gasteiger partial charge in [-0.05, 0) is 55.7 Å². The van der Waals surface area contributed by atoms with Crippen molar-refractivity contribution in [2.24, 2.45) is 0 Å². The summed E-state index contributed by atoms with van der Waals surface area (Å²) in [5.41, 5.74) is 1.88. The number of anilines is 1. The predicted octanol–water partition coefficient (Wildman–Crippen LogP) is 3.80. The summed E-state index contributed by atoms with van der Waals surface area (Å²) in [6.45, 7) is 0. The van der Waals surface area contributed by atoms with Crippen LogP contribution in [0.3, 0.4) is 0 Å². The van der Waals surface area contributed by atoms with Crippen molar-refractivity contribution in [2.75, 3.05) is 5.32 Å². The lowest BCUT2D eigenvalue weighted by atomic mass is 10.2. The number of carbonyl (C=O) groups is 1. The summed E-state index contributed by atoms with van der Waals surface area (Å²) in [6, 6.07) is 8.92. The molecule has 1 N–H and O–H groups in total. The molecular formula is C19H14F2N4O3. The SMILES string of the molecule is O=C(Nc1ccc(F)c([N+](=O)[O-])c1)c1nn(-c2ccc(F)cc2)c2c1CCC2. The predicted molar refractivity (Wildman–Crippen MR) is 96.6 cm³/mol. The quantitative estimate of drug-likeness (QED) is 0.547. The summed E-state index contributed by atoms with van der Waals surface area (Å²) in [6.07, 6.45) is 2.26. The van der Waals surface area contributed by atoms with E-state index in [1.807, 2.05) is 0 Å².